The fourth-order valence-electron chi connectivity index (χ4n) is 3.01. The maximum atomic E-state index is 13.3. The molecule has 3 rings (SSSR count). The zero-order chi connectivity index (χ0) is 12.0. The molecule has 1 aliphatic heterocycles. The molecule has 0 amide bonds. The number of hydrogen-bond acceptors (Lipinski definition) is 1. The van der Waals surface area contributed by atoms with Crippen LogP contribution >= 0.6 is 0 Å². The van der Waals surface area contributed by atoms with Crippen LogP contribution < -0.4 is 0 Å². The average Bonchev–Trinajstić information content (AvgIpc) is 3.07. The Morgan fingerprint density at radius 3 is 2.53 bits per heavy atom. The van der Waals surface area contributed by atoms with E-state index in [2.05, 4.69) is 11.8 Å². The largest absolute Gasteiger partial charge is 0.293 e. The predicted octanol–water partition coefficient (Wildman–Crippen LogP) is 3.51. The summed E-state index contributed by atoms with van der Waals surface area (Å²) in [6.07, 6.45) is 3.67. The topological polar surface area (TPSA) is 3.24 Å². The van der Waals surface area contributed by atoms with Gasteiger partial charge in [-0.1, -0.05) is 13.0 Å². The van der Waals surface area contributed by atoms with Crippen LogP contribution in [0, 0.1) is 17.6 Å². The maximum Gasteiger partial charge on any atom is 0.159 e. The zero-order valence-electron chi connectivity index (χ0n) is 10.00. The van der Waals surface area contributed by atoms with Gasteiger partial charge in [-0.2, -0.15) is 0 Å². The van der Waals surface area contributed by atoms with E-state index in [0.717, 1.165) is 18.5 Å². The SMILES string of the molecule is CC1CCN(C2CC2)C1c1ccc(F)c(F)c1. The highest BCUT2D eigenvalue weighted by Gasteiger charge is 2.40. The monoisotopic (exact) mass is 237 g/mol. The van der Waals surface area contributed by atoms with E-state index in [1.165, 1.54) is 25.0 Å². The lowest BCUT2D eigenvalue weighted by Gasteiger charge is -2.27. The van der Waals surface area contributed by atoms with E-state index in [1.807, 2.05) is 0 Å². The number of hydrogen-bond donors (Lipinski definition) is 0. The highest BCUT2D eigenvalue weighted by Crippen LogP contribution is 2.43. The Balaban J connectivity index is 1.91. The van der Waals surface area contributed by atoms with Crippen LogP contribution in [0.1, 0.15) is 37.8 Å². The molecule has 2 fully saturated rings. The van der Waals surface area contributed by atoms with Crippen molar-refractivity contribution >= 4 is 0 Å². The van der Waals surface area contributed by atoms with Gasteiger partial charge in [0.05, 0.1) is 0 Å². The molecule has 2 aliphatic rings. The van der Waals surface area contributed by atoms with E-state index in [9.17, 15) is 8.78 Å². The molecule has 0 spiro atoms. The molecular formula is C14H17F2N. The molecule has 2 atom stereocenters. The van der Waals surface area contributed by atoms with Crippen LogP contribution in [0.25, 0.3) is 0 Å². The first kappa shape index (κ1) is 11.1. The summed E-state index contributed by atoms with van der Waals surface area (Å²) in [5.74, 6) is -0.949. The first-order chi connectivity index (χ1) is 8.16. The number of rotatable bonds is 2. The lowest BCUT2D eigenvalue weighted by Crippen LogP contribution is -2.27. The van der Waals surface area contributed by atoms with Gasteiger partial charge < -0.3 is 0 Å². The third kappa shape index (κ3) is 1.97. The van der Waals surface area contributed by atoms with Crippen molar-refractivity contribution in [3.63, 3.8) is 0 Å². The van der Waals surface area contributed by atoms with Crippen molar-refractivity contribution in [3.8, 4) is 0 Å². The summed E-state index contributed by atoms with van der Waals surface area (Å²) in [6, 6.07) is 5.31. The second kappa shape index (κ2) is 4.05. The third-order valence-corrected chi connectivity index (χ3v) is 4.04. The number of nitrogens with zero attached hydrogens (tertiary/aromatic N) is 1. The van der Waals surface area contributed by atoms with Gasteiger partial charge in [0, 0.05) is 12.1 Å². The van der Waals surface area contributed by atoms with Crippen molar-refractivity contribution in [2.45, 2.75) is 38.3 Å². The maximum absolute atomic E-state index is 13.3. The molecule has 0 N–H and O–H groups in total. The third-order valence-electron chi connectivity index (χ3n) is 4.04. The van der Waals surface area contributed by atoms with Crippen LogP contribution in [0.4, 0.5) is 8.78 Å². The Kier molecular flexibility index (Phi) is 2.66. The summed E-state index contributed by atoms with van der Waals surface area (Å²) in [7, 11) is 0. The molecule has 1 saturated carbocycles. The highest BCUT2D eigenvalue weighted by molar-refractivity contribution is 5.23. The van der Waals surface area contributed by atoms with Gasteiger partial charge >= 0.3 is 0 Å². The van der Waals surface area contributed by atoms with Crippen molar-refractivity contribution in [1.29, 1.82) is 0 Å². The first-order valence-electron chi connectivity index (χ1n) is 6.37. The molecule has 1 aromatic rings. The van der Waals surface area contributed by atoms with Crippen LogP contribution in [-0.2, 0) is 0 Å². The Labute approximate surface area is 100 Å². The van der Waals surface area contributed by atoms with E-state index in [1.54, 1.807) is 6.07 Å². The summed E-state index contributed by atoms with van der Waals surface area (Å²) in [6.45, 7) is 3.30. The summed E-state index contributed by atoms with van der Waals surface area (Å²) in [4.78, 5) is 2.47. The minimum atomic E-state index is -0.752. The van der Waals surface area contributed by atoms with Crippen molar-refractivity contribution in [1.82, 2.24) is 4.90 Å². The second-order valence-electron chi connectivity index (χ2n) is 5.35. The fraction of sp³-hybridized carbons (Fsp3) is 0.571. The molecule has 0 bridgehead atoms. The molecule has 1 aromatic carbocycles. The molecule has 2 unspecified atom stereocenters. The van der Waals surface area contributed by atoms with E-state index in [4.69, 9.17) is 0 Å². The van der Waals surface area contributed by atoms with Gasteiger partial charge in [0.1, 0.15) is 0 Å². The predicted molar refractivity (Wildman–Crippen MR) is 62.6 cm³/mol. The van der Waals surface area contributed by atoms with Gasteiger partial charge in [-0.15, -0.1) is 0 Å². The fourth-order valence-corrected chi connectivity index (χ4v) is 3.01. The Morgan fingerprint density at radius 1 is 1.12 bits per heavy atom. The van der Waals surface area contributed by atoms with Crippen LogP contribution in [0.2, 0.25) is 0 Å². The second-order valence-corrected chi connectivity index (χ2v) is 5.35. The van der Waals surface area contributed by atoms with Crippen molar-refractivity contribution in [3.05, 3.63) is 35.4 Å². The van der Waals surface area contributed by atoms with Gasteiger partial charge in [0.2, 0.25) is 0 Å². The van der Waals surface area contributed by atoms with E-state index < -0.39 is 11.6 Å². The van der Waals surface area contributed by atoms with Crippen LogP contribution in [0.15, 0.2) is 18.2 Å². The van der Waals surface area contributed by atoms with Crippen molar-refractivity contribution in [2.24, 2.45) is 5.92 Å². The van der Waals surface area contributed by atoms with Gasteiger partial charge in [0.25, 0.3) is 0 Å². The molecule has 1 aliphatic carbocycles. The minimum Gasteiger partial charge on any atom is -0.293 e. The molecule has 92 valence electrons. The normalized spacial score (nSPS) is 29.8. The zero-order valence-corrected chi connectivity index (χ0v) is 10.00. The van der Waals surface area contributed by atoms with Gasteiger partial charge in [0.15, 0.2) is 11.6 Å². The molecule has 1 nitrogen and oxygen atoms in total. The smallest absolute Gasteiger partial charge is 0.159 e. The van der Waals surface area contributed by atoms with Crippen LogP contribution in [0.5, 0.6) is 0 Å². The summed E-state index contributed by atoms with van der Waals surface area (Å²) in [5.41, 5.74) is 0.931. The highest BCUT2D eigenvalue weighted by atomic mass is 19.2. The molecule has 0 radical (unpaired) electrons. The first-order valence-corrected chi connectivity index (χ1v) is 6.37. The van der Waals surface area contributed by atoms with E-state index in [0.29, 0.717) is 12.0 Å². The molecule has 17 heavy (non-hydrogen) atoms. The molecule has 1 saturated heterocycles. The van der Waals surface area contributed by atoms with E-state index in [-0.39, 0.29) is 6.04 Å². The molecular weight excluding hydrogens is 220 g/mol. The lowest BCUT2D eigenvalue weighted by atomic mass is 9.95. The van der Waals surface area contributed by atoms with Gasteiger partial charge in [-0.05, 0) is 49.4 Å². The van der Waals surface area contributed by atoms with Gasteiger partial charge in [-0.3, -0.25) is 4.90 Å². The lowest BCUT2D eigenvalue weighted by molar-refractivity contribution is 0.223. The van der Waals surface area contributed by atoms with Crippen molar-refractivity contribution < 1.29 is 8.78 Å². The summed E-state index contributed by atoms with van der Waals surface area (Å²) < 4.78 is 26.3. The molecule has 1 heterocycles. The Hall–Kier alpha value is -0.960. The van der Waals surface area contributed by atoms with Gasteiger partial charge in [-0.25, -0.2) is 8.78 Å². The quantitative estimate of drug-likeness (QED) is 0.760. The Bertz CT molecular complexity index is 428. The van der Waals surface area contributed by atoms with Crippen LogP contribution in [0.3, 0.4) is 0 Å². The standard InChI is InChI=1S/C14H17F2N/c1-9-6-7-17(11-3-4-11)14(9)10-2-5-12(15)13(16)8-10/h2,5,8-9,11,14H,3-4,6-7H2,1H3. The minimum absolute atomic E-state index is 0.276. The molecule has 3 heteroatoms. The van der Waals surface area contributed by atoms with E-state index >= 15 is 0 Å². The Morgan fingerprint density at radius 2 is 1.88 bits per heavy atom. The molecule has 0 aromatic heterocycles. The number of halogens is 2. The number of likely N-dealkylation sites (tertiary alicyclic amines) is 1. The average molecular weight is 237 g/mol. The van der Waals surface area contributed by atoms with Crippen LogP contribution in [-0.4, -0.2) is 17.5 Å². The summed E-state index contributed by atoms with van der Waals surface area (Å²) in [5, 5.41) is 0. The number of benzene rings is 1. The van der Waals surface area contributed by atoms with Crippen molar-refractivity contribution in [2.75, 3.05) is 6.54 Å². The summed E-state index contributed by atoms with van der Waals surface area (Å²) >= 11 is 0.